The van der Waals surface area contributed by atoms with E-state index >= 15 is 0 Å². The average molecular weight is 496 g/mol. The SMILES string of the molecule is CCNC(=NCC1(CCOC)CC1)NCCc1ccc(OC)cc1Cl.I. The van der Waals surface area contributed by atoms with E-state index in [1.165, 1.54) is 12.8 Å². The Morgan fingerprint density at radius 2 is 2.04 bits per heavy atom. The number of nitrogens with zero attached hydrogens (tertiary/aromatic N) is 1. The van der Waals surface area contributed by atoms with Gasteiger partial charge in [-0.3, -0.25) is 4.99 Å². The van der Waals surface area contributed by atoms with Gasteiger partial charge in [0.2, 0.25) is 0 Å². The van der Waals surface area contributed by atoms with Crippen LogP contribution in [0.15, 0.2) is 23.2 Å². The fourth-order valence-corrected chi connectivity index (χ4v) is 3.01. The second-order valence-corrected chi connectivity index (χ2v) is 6.98. The van der Waals surface area contributed by atoms with Crippen molar-refractivity contribution in [3.8, 4) is 5.75 Å². The van der Waals surface area contributed by atoms with E-state index in [-0.39, 0.29) is 24.0 Å². The summed E-state index contributed by atoms with van der Waals surface area (Å²) in [4.78, 5) is 4.77. The maximum absolute atomic E-state index is 6.30. The highest BCUT2D eigenvalue weighted by Crippen LogP contribution is 2.48. The maximum Gasteiger partial charge on any atom is 0.191 e. The lowest BCUT2D eigenvalue weighted by Crippen LogP contribution is -2.38. The zero-order valence-electron chi connectivity index (χ0n) is 15.9. The standard InChI is InChI=1S/C19H30ClN3O2.HI/c1-4-21-18(23-14-19(8-9-19)10-12-24-2)22-11-7-15-5-6-16(25-3)13-17(15)20;/h5-6,13H,4,7-12,14H2,1-3H3,(H2,21,22,23);1H. The van der Waals surface area contributed by atoms with Crippen molar-refractivity contribution in [3.63, 3.8) is 0 Å². The fraction of sp³-hybridized carbons (Fsp3) is 0.632. The van der Waals surface area contributed by atoms with E-state index in [0.717, 1.165) is 61.4 Å². The monoisotopic (exact) mass is 495 g/mol. The number of halogens is 2. The normalized spacial score (nSPS) is 15.2. The van der Waals surface area contributed by atoms with Gasteiger partial charge in [-0.1, -0.05) is 17.7 Å². The van der Waals surface area contributed by atoms with Crippen LogP contribution in [0.2, 0.25) is 5.02 Å². The Morgan fingerprint density at radius 3 is 2.62 bits per heavy atom. The van der Waals surface area contributed by atoms with E-state index in [1.807, 2.05) is 18.2 Å². The van der Waals surface area contributed by atoms with Crippen LogP contribution in [0.4, 0.5) is 0 Å². The maximum atomic E-state index is 6.30. The number of hydrogen-bond donors (Lipinski definition) is 2. The van der Waals surface area contributed by atoms with Crippen LogP contribution >= 0.6 is 35.6 Å². The third-order valence-corrected chi connectivity index (χ3v) is 5.01. The number of guanidine groups is 1. The Bertz CT molecular complexity index is 580. The van der Waals surface area contributed by atoms with Crippen molar-refractivity contribution < 1.29 is 9.47 Å². The minimum absolute atomic E-state index is 0. The second kappa shape index (κ2) is 11.9. The van der Waals surface area contributed by atoms with E-state index in [0.29, 0.717) is 5.41 Å². The van der Waals surface area contributed by atoms with Gasteiger partial charge >= 0.3 is 0 Å². The zero-order chi connectivity index (χ0) is 18.1. The zero-order valence-corrected chi connectivity index (χ0v) is 19.0. The van der Waals surface area contributed by atoms with Crippen LogP contribution in [-0.2, 0) is 11.2 Å². The van der Waals surface area contributed by atoms with Crippen LogP contribution in [0.5, 0.6) is 5.75 Å². The van der Waals surface area contributed by atoms with Crippen LogP contribution in [0.3, 0.4) is 0 Å². The highest BCUT2D eigenvalue weighted by Gasteiger charge is 2.41. The van der Waals surface area contributed by atoms with Gasteiger partial charge < -0.3 is 20.1 Å². The van der Waals surface area contributed by atoms with Crippen LogP contribution in [0.25, 0.3) is 0 Å². The molecule has 0 aliphatic heterocycles. The number of ether oxygens (including phenoxy) is 2. The lowest BCUT2D eigenvalue weighted by molar-refractivity contribution is 0.174. The minimum atomic E-state index is 0. The summed E-state index contributed by atoms with van der Waals surface area (Å²) in [7, 11) is 3.40. The van der Waals surface area contributed by atoms with E-state index in [4.69, 9.17) is 26.1 Å². The minimum Gasteiger partial charge on any atom is -0.497 e. The van der Waals surface area contributed by atoms with Gasteiger partial charge in [-0.2, -0.15) is 0 Å². The van der Waals surface area contributed by atoms with Crippen LogP contribution in [0, 0.1) is 5.41 Å². The van der Waals surface area contributed by atoms with Gasteiger partial charge in [0.25, 0.3) is 0 Å². The summed E-state index contributed by atoms with van der Waals surface area (Å²) in [6.45, 7) is 5.38. The van der Waals surface area contributed by atoms with Crippen molar-refractivity contribution in [2.75, 3.05) is 40.5 Å². The lowest BCUT2D eigenvalue weighted by atomic mass is 10.0. The first-order valence-electron chi connectivity index (χ1n) is 8.96. The molecule has 0 spiro atoms. The molecule has 0 aromatic heterocycles. The smallest absolute Gasteiger partial charge is 0.191 e. The predicted octanol–water partition coefficient (Wildman–Crippen LogP) is 3.88. The molecular formula is C19H31ClIN3O2. The molecule has 1 fully saturated rings. The molecule has 1 aliphatic carbocycles. The predicted molar refractivity (Wildman–Crippen MR) is 119 cm³/mol. The molecule has 0 radical (unpaired) electrons. The molecule has 0 unspecified atom stereocenters. The van der Waals surface area contributed by atoms with Gasteiger partial charge in [0.05, 0.1) is 7.11 Å². The summed E-state index contributed by atoms with van der Waals surface area (Å²) >= 11 is 6.30. The van der Waals surface area contributed by atoms with Crippen molar-refractivity contribution in [1.82, 2.24) is 10.6 Å². The van der Waals surface area contributed by atoms with E-state index in [2.05, 4.69) is 17.6 Å². The topological polar surface area (TPSA) is 54.9 Å². The first-order chi connectivity index (χ1) is 12.1. The highest BCUT2D eigenvalue weighted by molar-refractivity contribution is 14.0. The Hall–Kier alpha value is -0.730. The van der Waals surface area contributed by atoms with E-state index in [9.17, 15) is 0 Å². The van der Waals surface area contributed by atoms with Gasteiger partial charge in [-0.15, -0.1) is 24.0 Å². The number of nitrogens with one attached hydrogen (secondary N) is 2. The largest absolute Gasteiger partial charge is 0.497 e. The lowest BCUT2D eigenvalue weighted by Gasteiger charge is -2.15. The van der Waals surface area contributed by atoms with Crippen molar-refractivity contribution in [3.05, 3.63) is 28.8 Å². The molecule has 26 heavy (non-hydrogen) atoms. The number of methoxy groups -OCH3 is 2. The average Bonchev–Trinajstić information content (AvgIpc) is 3.39. The summed E-state index contributed by atoms with van der Waals surface area (Å²) in [5.41, 5.74) is 1.46. The molecule has 0 heterocycles. The Labute approximate surface area is 179 Å². The molecule has 7 heteroatoms. The molecule has 148 valence electrons. The molecule has 1 aromatic rings. The van der Waals surface area contributed by atoms with E-state index in [1.54, 1.807) is 14.2 Å². The Kier molecular flexibility index (Phi) is 10.6. The summed E-state index contributed by atoms with van der Waals surface area (Å²) in [5.74, 6) is 1.65. The van der Waals surface area contributed by atoms with Crippen LogP contribution in [0.1, 0.15) is 31.7 Å². The molecular weight excluding hydrogens is 465 g/mol. The Morgan fingerprint density at radius 1 is 1.27 bits per heavy atom. The molecule has 2 N–H and O–H groups in total. The van der Waals surface area contributed by atoms with Crippen molar-refractivity contribution >= 4 is 41.5 Å². The number of hydrogen-bond acceptors (Lipinski definition) is 3. The molecule has 1 aliphatic rings. The molecule has 0 amide bonds. The van der Waals surface area contributed by atoms with Gasteiger partial charge in [0.15, 0.2) is 5.96 Å². The summed E-state index contributed by atoms with van der Waals surface area (Å²) < 4.78 is 10.4. The van der Waals surface area contributed by atoms with Crippen LogP contribution < -0.4 is 15.4 Å². The van der Waals surface area contributed by atoms with Gasteiger partial charge in [0.1, 0.15) is 5.75 Å². The summed E-state index contributed by atoms with van der Waals surface area (Å²) in [5, 5.41) is 7.45. The van der Waals surface area contributed by atoms with Gasteiger partial charge in [-0.25, -0.2) is 0 Å². The number of rotatable bonds is 10. The Balaban J connectivity index is 0.00000338. The third-order valence-electron chi connectivity index (χ3n) is 4.66. The van der Waals surface area contributed by atoms with Crippen LogP contribution in [-0.4, -0.2) is 46.4 Å². The molecule has 0 bridgehead atoms. The summed E-state index contributed by atoms with van der Waals surface area (Å²) in [6.07, 6.45) is 4.43. The molecule has 0 saturated heterocycles. The number of aliphatic imine (C=N–C) groups is 1. The van der Waals surface area contributed by atoms with Crippen molar-refractivity contribution in [2.24, 2.45) is 10.4 Å². The molecule has 1 saturated carbocycles. The van der Waals surface area contributed by atoms with Crippen molar-refractivity contribution in [2.45, 2.75) is 32.6 Å². The first-order valence-corrected chi connectivity index (χ1v) is 9.34. The molecule has 0 atom stereocenters. The third kappa shape index (κ3) is 7.48. The fourth-order valence-electron chi connectivity index (χ4n) is 2.74. The van der Waals surface area contributed by atoms with E-state index < -0.39 is 0 Å². The summed E-state index contributed by atoms with van der Waals surface area (Å²) in [6, 6.07) is 5.80. The van der Waals surface area contributed by atoms with Gasteiger partial charge in [-0.05, 0) is 55.7 Å². The molecule has 2 rings (SSSR count). The van der Waals surface area contributed by atoms with Crippen molar-refractivity contribution in [1.29, 1.82) is 0 Å². The molecule has 5 nitrogen and oxygen atoms in total. The second-order valence-electron chi connectivity index (χ2n) is 6.57. The highest BCUT2D eigenvalue weighted by atomic mass is 127. The molecule has 1 aromatic carbocycles. The van der Waals surface area contributed by atoms with Gasteiger partial charge in [0, 0.05) is 38.4 Å². The quantitative estimate of drug-likeness (QED) is 0.294. The number of benzene rings is 1. The first kappa shape index (κ1) is 23.3.